The van der Waals surface area contributed by atoms with E-state index in [2.05, 4.69) is 47.8 Å². The van der Waals surface area contributed by atoms with E-state index < -0.39 is 6.10 Å². The van der Waals surface area contributed by atoms with E-state index in [0.717, 1.165) is 28.7 Å². The number of hydrogen-bond donors (Lipinski definition) is 1. The molecule has 1 heterocycles. The molecule has 1 aromatic carbocycles. The summed E-state index contributed by atoms with van der Waals surface area (Å²) in [5.74, 6) is 0. The van der Waals surface area contributed by atoms with Crippen molar-refractivity contribution in [3.8, 4) is 0 Å². The third-order valence-electron chi connectivity index (χ3n) is 2.50. The van der Waals surface area contributed by atoms with Crippen LogP contribution in [0, 0.1) is 6.92 Å². The molecule has 0 bridgehead atoms. The zero-order valence-electron chi connectivity index (χ0n) is 8.88. The molecule has 2 rings (SSSR count). The van der Waals surface area contributed by atoms with Gasteiger partial charge < -0.3 is 5.11 Å². The molecule has 0 saturated heterocycles. The van der Waals surface area contributed by atoms with E-state index in [1.54, 1.807) is 11.3 Å². The summed E-state index contributed by atoms with van der Waals surface area (Å²) in [6.07, 6.45) is -0.597. The molecule has 5 heteroatoms. The monoisotopic (exact) mass is 438 g/mol. The number of halogens is 3. The summed E-state index contributed by atoms with van der Waals surface area (Å²) in [7, 11) is 0. The summed E-state index contributed by atoms with van der Waals surface area (Å²) in [6.45, 7) is 2.00. The number of hydrogen-bond acceptors (Lipinski definition) is 2. The Morgan fingerprint density at radius 3 is 2.35 bits per heavy atom. The maximum Gasteiger partial charge on any atom is 0.106 e. The van der Waals surface area contributed by atoms with Crippen molar-refractivity contribution < 1.29 is 5.11 Å². The first-order chi connectivity index (χ1) is 7.99. The largest absolute Gasteiger partial charge is 0.384 e. The van der Waals surface area contributed by atoms with Crippen LogP contribution in [-0.4, -0.2) is 5.11 Å². The lowest BCUT2D eigenvalue weighted by atomic mass is 10.00. The first-order valence-electron chi connectivity index (χ1n) is 4.88. The minimum Gasteiger partial charge on any atom is -0.384 e. The molecule has 1 aromatic heterocycles. The molecule has 1 atom stereocenters. The molecular formula is C12H9Br3OS. The molecule has 0 aliphatic rings. The van der Waals surface area contributed by atoms with Crippen molar-refractivity contribution in [2.45, 2.75) is 13.0 Å². The highest BCUT2D eigenvalue weighted by Gasteiger charge is 2.18. The van der Waals surface area contributed by atoms with E-state index in [-0.39, 0.29) is 0 Å². The van der Waals surface area contributed by atoms with Gasteiger partial charge in [0.25, 0.3) is 0 Å². The van der Waals surface area contributed by atoms with Gasteiger partial charge in [-0.25, -0.2) is 0 Å². The van der Waals surface area contributed by atoms with E-state index in [0.29, 0.717) is 0 Å². The van der Waals surface area contributed by atoms with E-state index in [1.807, 2.05) is 31.2 Å². The minimum atomic E-state index is -0.597. The van der Waals surface area contributed by atoms with Gasteiger partial charge in [-0.1, -0.05) is 22.0 Å². The van der Waals surface area contributed by atoms with E-state index in [4.69, 9.17) is 0 Å². The van der Waals surface area contributed by atoms with Gasteiger partial charge in [0.05, 0.1) is 7.57 Å². The van der Waals surface area contributed by atoms with Crippen LogP contribution in [0.4, 0.5) is 0 Å². The molecule has 0 aliphatic heterocycles. The summed E-state index contributed by atoms with van der Waals surface area (Å²) in [4.78, 5) is 0. The number of aryl methyl sites for hydroxylation is 1. The van der Waals surface area contributed by atoms with Crippen LogP contribution in [0.25, 0.3) is 0 Å². The molecule has 0 saturated carbocycles. The topological polar surface area (TPSA) is 20.2 Å². The van der Waals surface area contributed by atoms with E-state index in [1.165, 1.54) is 0 Å². The molecule has 2 aromatic rings. The zero-order chi connectivity index (χ0) is 12.6. The molecule has 1 unspecified atom stereocenters. The lowest BCUT2D eigenvalue weighted by molar-refractivity contribution is 0.219. The maximum absolute atomic E-state index is 10.4. The number of benzene rings is 1. The summed E-state index contributed by atoms with van der Waals surface area (Å²) in [5.41, 5.74) is 2.90. The van der Waals surface area contributed by atoms with Gasteiger partial charge in [0.1, 0.15) is 6.10 Å². The van der Waals surface area contributed by atoms with E-state index >= 15 is 0 Å². The van der Waals surface area contributed by atoms with Crippen LogP contribution in [0.5, 0.6) is 0 Å². The third kappa shape index (κ3) is 3.01. The molecule has 0 fully saturated rings. The van der Waals surface area contributed by atoms with Gasteiger partial charge in [-0.05, 0) is 68.1 Å². The summed E-state index contributed by atoms with van der Waals surface area (Å²) >= 11 is 11.9. The quantitative estimate of drug-likeness (QED) is 0.660. The van der Waals surface area contributed by atoms with Crippen LogP contribution in [0.15, 0.2) is 36.3 Å². The number of thiophene rings is 1. The Bertz CT molecular complexity index is 551. The van der Waals surface area contributed by atoms with Gasteiger partial charge in [0.2, 0.25) is 0 Å². The molecule has 1 nitrogen and oxygen atoms in total. The first kappa shape index (κ1) is 13.7. The van der Waals surface area contributed by atoms with Crippen molar-refractivity contribution in [1.29, 1.82) is 0 Å². The van der Waals surface area contributed by atoms with Crippen LogP contribution < -0.4 is 0 Å². The molecule has 0 aliphatic carbocycles. The average molecular weight is 441 g/mol. The lowest BCUT2D eigenvalue weighted by Crippen LogP contribution is -2.01. The fourth-order valence-electron chi connectivity index (χ4n) is 1.65. The van der Waals surface area contributed by atoms with Gasteiger partial charge in [0.15, 0.2) is 0 Å². The summed E-state index contributed by atoms with van der Waals surface area (Å²) in [6, 6.07) is 7.84. The van der Waals surface area contributed by atoms with Crippen LogP contribution >= 0.6 is 59.1 Å². The average Bonchev–Trinajstić information content (AvgIpc) is 2.57. The Morgan fingerprint density at radius 2 is 1.82 bits per heavy atom. The predicted octanol–water partition coefficient (Wildman–Crippen LogP) is 5.43. The Labute approximate surface area is 129 Å². The van der Waals surface area contributed by atoms with Crippen LogP contribution in [-0.2, 0) is 0 Å². The molecule has 1 N–H and O–H groups in total. The minimum absolute atomic E-state index is 0.597. The summed E-state index contributed by atoms with van der Waals surface area (Å²) < 4.78 is 2.99. The Morgan fingerprint density at radius 1 is 1.12 bits per heavy atom. The van der Waals surface area contributed by atoms with Gasteiger partial charge in [-0.15, -0.1) is 11.3 Å². The number of aliphatic hydroxyl groups is 1. The van der Waals surface area contributed by atoms with Crippen molar-refractivity contribution in [3.05, 3.63) is 53.0 Å². The fourth-order valence-corrected chi connectivity index (χ4v) is 5.01. The molecule has 17 heavy (non-hydrogen) atoms. The van der Waals surface area contributed by atoms with E-state index in [9.17, 15) is 5.11 Å². The van der Waals surface area contributed by atoms with Crippen LogP contribution in [0.2, 0.25) is 0 Å². The maximum atomic E-state index is 10.4. The third-order valence-corrected chi connectivity index (χ3v) is 5.38. The normalized spacial score (nSPS) is 12.8. The van der Waals surface area contributed by atoms with Gasteiger partial charge >= 0.3 is 0 Å². The Kier molecular flexibility index (Phi) is 4.47. The molecule has 0 spiro atoms. The molecule has 0 amide bonds. The first-order valence-corrected chi connectivity index (χ1v) is 8.07. The van der Waals surface area contributed by atoms with Gasteiger partial charge in [-0.3, -0.25) is 0 Å². The summed E-state index contributed by atoms with van der Waals surface area (Å²) in [5, 5.41) is 10.4. The van der Waals surface area contributed by atoms with Crippen molar-refractivity contribution in [1.82, 2.24) is 0 Å². The lowest BCUT2D eigenvalue weighted by Gasteiger charge is -2.13. The van der Waals surface area contributed by atoms with Crippen molar-refractivity contribution in [2.75, 3.05) is 0 Å². The van der Waals surface area contributed by atoms with Crippen LogP contribution in [0.1, 0.15) is 22.8 Å². The smallest absolute Gasteiger partial charge is 0.106 e. The SMILES string of the molecule is Cc1cc(Br)ccc1C(O)c1cc(Br)sc1Br. The predicted molar refractivity (Wildman–Crippen MR) is 82.7 cm³/mol. The second kappa shape index (κ2) is 5.53. The fraction of sp³-hybridized carbons (Fsp3) is 0.167. The van der Waals surface area contributed by atoms with Gasteiger partial charge in [0, 0.05) is 10.0 Å². The van der Waals surface area contributed by atoms with Crippen LogP contribution in [0.3, 0.4) is 0 Å². The number of rotatable bonds is 2. The zero-order valence-corrected chi connectivity index (χ0v) is 14.5. The van der Waals surface area contributed by atoms with Gasteiger partial charge in [-0.2, -0.15) is 0 Å². The van der Waals surface area contributed by atoms with Crippen molar-refractivity contribution in [2.24, 2.45) is 0 Å². The highest BCUT2D eigenvalue weighted by molar-refractivity contribution is 9.12. The Hall–Kier alpha value is 0.320. The second-order valence-electron chi connectivity index (χ2n) is 3.68. The highest BCUT2D eigenvalue weighted by atomic mass is 79.9. The molecule has 0 radical (unpaired) electrons. The van der Waals surface area contributed by atoms with Crippen molar-refractivity contribution >= 4 is 59.1 Å². The molecule has 90 valence electrons. The standard InChI is InChI=1S/C12H9Br3OS/c1-6-4-7(13)2-3-8(6)11(16)9-5-10(14)17-12(9)15/h2-5,11,16H,1H3. The highest BCUT2D eigenvalue weighted by Crippen LogP contribution is 2.38. The van der Waals surface area contributed by atoms with Crippen molar-refractivity contribution in [3.63, 3.8) is 0 Å². The molecular weight excluding hydrogens is 432 g/mol. The number of aliphatic hydroxyl groups excluding tert-OH is 1. The second-order valence-corrected chi connectivity index (χ2v) is 8.35. The Balaban J connectivity index is 2.43.